The predicted molar refractivity (Wildman–Crippen MR) is 78.9 cm³/mol. The number of carbonyl (C=O) groups excluding carboxylic acids is 2. The number of hydrogen-bond acceptors (Lipinski definition) is 3. The summed E-state index contributed by atoms with van der Waals surface area (Å²) in [5, 5.41) is 5.68. The Bertz CT molecular complexity index is 477. The van der Waals surface area contributed by atoms with E-state index in [1.54, 1.807) is 31.2 Å². The van der Waals surface area contributed by atoms with Crippen LogP contribution in [0.5, 0.6) is 0 Å². The number of carbonyl (C=O) groups is 2. The molecule has 0 heterocycles. The van der Waals surface area contributed by atoms with Crippen molar-refractivity contribution >= 4 is 29.3 Å². The SMILES string of the molecule is CCOC(=O)N[C@H](C(=O)Nc1ccccc1Cl)C(C)C. The van der Waals surface area contributed by atoms with E-state index in [4.69, 9.17) is 16.3 Å². The van der Waals surface area contributed by atoms with E-state index in [0.29, 0.717) is 10.7 Å². The van der Waals surface area contributed by atoms with Crippen LogP contribution in [0.25, 0.3) is 0 Å². The largest absolute Gasteiger partial charge is 0.450 e. The summed E-state index contributed by atoms with van der Waals surface area (Å²) < 4.78 is 4.79. The highest BCUT2D eigenvalue weighted by Gasteiger charge is 2.25. The first-order valence-corrected chi connectivity index (χ1v) is 6.82. The second-order valence-corrected chi connectivity index (χ2v) is 4.96. The van der Waals surface area contributed by atoms with Crippen LogP contribution in [0, 0.1) is 5.92 Å². The van der Waals surface area contributed by atoms with Gasteiger partial charge in [0, 0.05) is 0 Å². The molecule has 6 heteroatoms. The molecule has 0 aliphatic heterocycles. The highest BCUT2D eigenvalue weighted by atomic mass is 35.5. The lowest BCUT2D eigenvalue weighted by atomic mass is 10.0. The molecular formula is C14H19ClN2O3. The van der Waals surface area contributed by atoms with E-state index in [-0.39, 0.29) is 18.4 Å². The molecule has 0 saturated heterocycles. The molecule has 1 rings (SSSR count). The van der Waals surface area contributed by atoms with Crippen LogP contribution >= 0.6 is 11.6 Å². The molecule has 5 nitrogen and oxygen atoms in total. The van der Waals surface area contributed by atoms with Gasteiger partial charge < -0.3 is 15.4 Å². The van der Waals surface area contributed by atoms with Crippen LogP contribution in [0.15, 0.2) is 24.3 Å². The zero-order valence-corrected chi connectivity index (χ0v) is 12.5. The van der Waals surface area contributed by atoms with Gasteiger partial charge in [-0.2, -0.15) is 0 Å². The number of anilines is 1. The van der Waals surface area contributed by atoms with Crippen LogP contribution in [0.2, 0.25) is 5.02 Å². The lowest BCUT2D eigenvalue weighted by Crippen LogP contribution is -2.47. The minimum atomic E-state index is -0.690. The zero-order chi connectivity index (χ0) is 15.1. The molecular weight excluding hydrogens is 280 g/mol. The van der Waals surface area contributed by atoms with Gasteiger partial charge >= 0.3 is 6.09 Å². The molecule has 0 radical (unpaired) electrons. The molecule has 0 saturated carbocycles. The zero-order valence-electron chi connectivity index (χ0n) is 11.8. The molecule has 2 amide bonds. The number of rotatable bonds is 5. The van der Waals surface area contributed by atoms with Gasteiger partial charge in [-0.1, -0.05) is 37.6 Å². The third kappa shape index (κ3) is 4.74. The van der Waals surface area contributed by atoms with Crippen molar-refractivity contribution in [3.05, 3.63) is 29.3 Å². The van der Waals surface area contributed by atoms with Crippen molar-refractivity contribution in [1.29, 1.82) is 0 Å². The fourth-order valence-corrected chi connectivity index (χ4v) is 1.79. The van der Waals surface area contributed by atoms with E-state index in [0.717, 1.165) is 0 Å². The quantitative estimate of drug-likeness (QED) is 0.878. The van der Waals surface area contributed by atoms with Crippen LogP contribution in [0.4, 0.5) is 10.5 Å². The average Bonchev–Trinajstić information content (AvgIpc) is 2.38. The van der Waals surface area contributed by atoms with E-state index in [2.05, 4.69) is 10.6 Å². The Morgan fingerprint density at radius 2 is 1.95 bits per heavy atom. The van der Waals surface area contributed by atoms with Gasteiger partial charge in [-0.15, -0.1) is 0 Å². The van der Waals surface area contributed by atoms with E-state index in [1.807, 2.05) is 13.8 Å². The normalized spacial score (nSPS) is 11.8. The molecule has 0 bridgehead atoms. The Balaban J connectivity index is 2.75. The van der Waals surface area contributed by atoms with Crippen LogP contribution in [0.3, 0.4) is 0 Å². The Morgan fingerprint density at radius 1 is 1.30 bits per heavy atom. The number of amides is 2. The molecule has 0 unspecified atom stereocenters. The number of ether oxygens (including phenoxy) is 1. The molecule has 110 valence electrons. The van der Waals surface area contributed by atoms with Gasteiger partial charge in [0.1, 0.15) is 6.04 Å². The first-order chi connectivity index (χ1) is 9.45. The molecule has 20 heavy (non-hydrogen) atoms. The summed E-state index contributed by atoms with van der Waals surface area (Å²) in [6.07, 6.45) is -0.611. The number of alkyl carbamates (subject to hydrolysis) is 1. The van der Waals surface area contributed by atoms with Gasteiger partial charge in [-0.05, 0) is 25.0 Å². The second-order valence-electron chi connectivity index (χ2n) is 4.56. The number of halogens is 1. The highest BCUT2D eigenvalue weighted by Crippen LogP contribution is 2.21. The number of hydrogen-bond donors (Lipinski definition) is 2. The Kier molecular flexibility index (Phi) is 6.31. The average molecular weight is 299 g/mol. The maximum absolute atomic E-state index is 12.2. The van der Waals surface area contributed by atoms with E-state index in [1.165, 1.54) is 0 Å². The smallest absolute Gasteiger partial charge is 0.407 e. The summed E-state index contributed by atoms with van der Waals surface area (Å²) in [6.45, 7) is 5.63. The lowest BCUT2D eigenvalue weighted by Gasteiger charge is -2.21. The number of para-hydroxylation sites is 1. The van der Waals surface area contributed by atoms with E-state index >= 15 is 0 Å². The van der Waals surface area contributed by atoms with Crippen molar-refractivity contribution in [1.82, 2.24) is 5.32 Å². The van der Waals surface area contributed by atoms with Crippen LogP contribution in [0.1, 0.15) is 20.8 Å². The van der Waals surface area contributed by atoms with Gasteiger partial charge in [0.2, 0.25) is 5.91 Å². The molecule has 0 aliphatic carbocycles. The van der Waals surface area contributed by atoms with Crippen LogP contribution < -0.4 is 10.6 Å². The number of benzene rings is 1. The van der Waals surface area contributed by atoms with E-state index in [9.17, 15) is 9.59 Å². The van der Waals surface area contributed by atoms with Crippen LogP contribution in [-0.2, 0) is 9.53 Å². The molecule has 1 aromatic carbocycles. The Hall–Kier alpha value is -1.75. The maximum Gasteiger partial charge on any atom is 0.407 e. The summed E-state index contributed by atoms with van der Waals surface area (Å²) in [5.41, 5.74) is 0.510. The van der Waals surface area contributed by atoms with Crippen molar-refractivity contribution in [3.8, 4) is 0 Å². The van der Waals surface area contributed by atoms with Crippen molar-refractivity contribution in [3.63, 3.8) is 0 Å². The van der Waals surface area contributed by atoms with Crippen molar-refractivity contribution < 1.29 is 14.3 Å². The molecule has 0 aliphatic rings. The van der Waals surface area contributed by atoms with Gasteiger partial charge in [-0.25, -0.2) is 4.79 Å². The maximum atomic E-state index is 12.2. The number of nitrogens with one attached hydrogen (secondary N) is 2. The van der Waals surface area contributed by atoms with Crippen LogP contribution in [-0.4, -0.2) is 24.6 Å². The second kappa shape index (κ2) is 7.75. The lowest BCUT2D eigenvalue weighted by molar-refractivity contribution is -0.119. The van der Waals surface area contributed by atoms with Gasteiger partial charge in [0.15, 0.2) is 0 Å². The first kappa shape index (κ1) is 16.3. The summed E-state index contributed by atoms with van der Waals surface area (Å²) in [7, 11) is 0. The Morgan fingerprint density at radius 3 is 2.50 bits per heavy atom. The minimum Gasteiger partial charge on any atom is -0.450 e. The molecule has 0 spiro atoms. The van der Waals surface area contributed by atoms with E-state index < -0.39 is 12.1 Å². The molecule has 1 atom stereocenters. The summed E-state index contributed by atoms with van der Waals surface area (Å²) in [4.78, 5) is 23.6. The summed E-state index contributed by atoms with van der Waals surface area (Å²) >= 11 is 5.98. The fraction of sp³-hybridized carbons (Fsp3) is 0.429. The minimum absolute atomic E-state index is 0.0816. The van der Waals surface area contributed by atoms with Gasteiger partial charge in [-0.3, -0.25) is 4.79 Å². The predicted octanol–water partition coefficient (Wildman–Crippen LogP) is 3.05. The van der Waals surface area contributed by atoms with Crippen molar-refractivity contribution in [2.45, 2.75) is 26.8 Å². The summed E-state index contributed by atoms with van der Waals surface area (Å²) in [5.74, 6) is -0.414. The topological polar surface area (TPSA) is 67.4 Å². The highest BCUT2D eigenvalue weighted by molar-refractivity contribution is 6.33. The Labute approximate surface area is 123 Å². The fourth-order valence-electron chi connectivity index (χ4n) is 1.61. The third-order valence-corrected chi connectivity index (χ3v) is 2.96. The molecule has 0 aromatic heterocycles. The molecule has 0 fully saturated rings. The molecule has 1 aromatic rings. The monoisotopic (exact) mass is 298 g/mol. The standard InChI is InChI=1S/C14H19ClN2O3/c1-4-20-14(19)17-12(9(2)3)13(18)16-11-8-6-5-7-10(11)15/h5-9,12H,4H2,1-3H3,(H,16,18)(H,17,19)/t12-/m0/s1. The van der Waals surface area contributed by atoms with Crippen molar-refractivity contribution in [2.75, 3.05) is 11.9 Å². The first-order valence-electron chi connectivity index (χ1n) is 6.44. The molecule has 2 N–H and O–H groups in total. The van der Waals surface area contributed by atoms with Gasteiger partial charge in [0.25, 0.3) is 0 Å². The third-order valence-electron chi connectivity index (χ3n) is 2.63. The van der Waals surface area contributed by atoms with Gasteiger partial charge in [0.05, 0.1) is 17.3 Å². The van der Waals surface area contributed by atoms with Crippen molar-refractivity contribution in [2.24, 2.45) is 5.92 Å². The summed E-state index contributed by atoms with van der Waals surface area (Å²) in [6, 6.07) is 6.23.